The smallest absolute Gasteiger partial charge is 0.0966 e. The van der Waals surface area contributed by atoms with E-state index in [-0.39, 0.29) is 0 Å². The van der Waals surface area contributed by atoms with Crippen molar-refractivity contribution in [2.45, 2.75) is 77.6 Å². The Labute approximate surface area is 122 Å². The molecule has 0 atom stereocenters. The van der Waals surface area contributed by atoms with Crippen LogP contribution in [0.15, 0.2) is 12.7 Å². The fraction of sp³-hybridized carbons (Fsp3) is 0.889. The number of hydrogen-bond acceptors (Lipinski definition) is 0. The van der Waals surface area contributed by atoms with Crippen LogP contribution in [0.1, 0.15) is 77.6 Å². The molecule has 0 aromatic carbocycles. The number of rotatable bonds is 14. The Morgan fingerprint density at radius 3 is 1.58 bits per heavy atom. The summed E-state index contributed by atoms with van der Waals surface area (Å²) in [6.45, 7) is 8.51. The van der Waals surface area contributed by atoms with E-state index in [1.807, 2.05) is 6.08 Å². The Hall–Kier alpha value is -0.300. The van der Waals surface area contributed by atoms with Crippen LogP contribution in [0.2, 0.25) is 0 Å². The van der Waals surface area contributed by atoms with Crippen molar-refractivity contribution in [1.29, 1.82) is 0 Å². The Morgan fingerprint density at radius 1 is 0.737 bits per heavy atom. The van der Waals surface area contributed by atoms with E-state index in [1.165, 1.54) is 77.2 Å². The third-order valence-corrected chi connectivity index (χ3v) is 3.99. The molecule has 0 aliphatic heterocycles. The number of unbranched alkanes of at least 4 members (excludes halogenated alkanes) is 10. The second-order valence-electron chi connectivity index (χ2n) is 6.67. The lowest BCUT2D eigenvalue weighted by molar-refractivity contribution is -0.884. The molecule has 0 fully saturated rings. The van der Waals surface area contributed by atoms with E-state index in [2.05, 4.69) is 27.6 Å². The molecule has 0 saturated heterocycles. The van der Waals surface area contributed by atoms with Crippen LogP contribution >= 0.6 is 0 Å². The predicted molar refractivity (Wildman–Crippen MR) is 88.5 cm³/mol. The highest BCUT2D eigenvalue weighted by Crippen LogP contribution is 2.12. The van der Waals surface area contributed by atoms with Crippen LogP contribution in [0.3, 0.4) is 0 Å². The van der Waals surface area contributed by atoms with Gasteiger partial charge < -0.3 is 4.48 Å². The quantitative estimate of drug-likeness (QED) is 0.220. The van der Waals surface area contributed by atoms with Crippen LogP contribution in [0, 0.1) is 0 Å². The molecule has 0 aliphatic rings. The SMILES string of the molecule is C=CC[N+](C)(C)CCCCCCCCCCCCC. The lowest BCUT2D eigenvalue weighted by Crippen LogP contribution is -2.40. The number of quaternary nitrogens is 1. The fourth-order valence-corrected chi connectivity index (χ4v) is 2.64. The van der Waals surface area contributed by atoms with Crippen molar-refractivity contribution in [1.82, 2.24) is 0 Å². The van der Waals surface area contributed by atoms with Gasteiger partial charge >= 0.3 is 0 Å². The average molecular weight is 269 g/mol. The molecule has 0 saturated carbocycles. The van der Waals surface area contributed by atoms with Crippen molar-refractivity contribution < 1.29 is 4.48 Å². The topological polar surface area (TPSA) is 0 Å². The van der Waals surface area contributed by atoms with Gasteiger partial charge in [0.15, 0.2) is 0 Å². The van der Waals surface area contributed by atoms with E-state index in [9.17, 15) is 0 Å². The summed E-state index contributed by atoms with van der Waals surface area (Å²) in [5.41, 5.74) is 0. The van der Waals surface area contributed by atoms with Crippen molar-refractivity contribution in [2.24, 2.45) is 0 Å². The minimum Gasteiger partial charge on any atom is -0.325 e. The lowest BCUT2D eigenvalue weighted by atomic mass is 10.1. The summed E-state index contributed by atoms with van der Waals surface area (Å²) in [5, 5.41) is 0. The van der Waals surface area contributed by atoms with Crippen LogP contribution in [0.5, 0.6) is 0 Å². The average Bonchev–Trinajstić information content (AvgIpc) is 2.36. The predicted octanol–water partition coefficient (Wildman–Crippen LogP) is 5.56. The van der Waals surface area contributed by atoms with Crippen molar-refractivity contribution in [2.75, 3.05) is 27.2 Å². The summed E-state index contributed by atoms with van der Waals surface area (Å²) in [4.78, 5) is 0. The summed E-state index contributed by atoms with van der Waals surface area (Å²) >= 11 is 0. The van der Waals surface area contributed by atoms with Gasteiger partial charge in [0.05, 0.1) is 27.2 Å². The first-order valence-corrected chi connectivity index (χ1v) is 8.55. The first kappa shape index (κ1) is 18.7. The number of likely N-dealkylation sites (N-methyl/N-ethyl adjacent to an activating group) is 1. The van der Waals surface area contributed by atoms with Gasteiger partial charge in [-0.25, -0.2) is 0 Å². The van der Waals surface area contributed by atoms with Crippen LogP contribution < -0.4 is 0 Å². The first-order valence-electron chi connectivity index (χ1n) is 8.55. The minimum absolute atomic E-state index is 1.10. The molecule has 19 heavy (non-hydrogen) atoms. The molecule has 0 aliphatic carbocycles. The van der Waals surface area contributed by atoms with Gasteiger partial charge in [0.1, 0.15) is 0 Å². The molecule has 0 N–H and O–H groups in total. The zero-order chi connectivity index (χ0) is 14.4. The van der Waals surface area contributed by atoms with Crippen LogP contribution in [0.4, 0.5) is 0 Å². The lowest BCUT2D eigenvalue weighted by Gasteiger charge is -2.28. The maximum absolute atomic E-state index is 3.83. The molecular weight excluding hydrogens is 230 g/mol. The molecule has 0 aromatic rings. The Morgan fingerprint density at radius 2 is 1.16 bits per heavy atom. The van der Waals surface area contributed by atoms with Gasteiger partial charge in [0.25, 0.3) is 0 Å². The van der Waals surface area contributed by atoms with Gasteiger partial charge in [-0.3, -0.25) is 0 Å². The maximum Gasteiger partial charge on any atom is 0.0966 e. The Bertz CT molecular complexity index is 196. The highest BCUT2D eigenvalue weighted by molar-refractivity contribution is 4.64. The van der Waals surface area contributed by atoms with Crippen molar-refractivity contribution in [3.8, 4) is 0 Å². The number of hydrogen-bond donors (Lipinski definition) is 0. The summed E-state index contributed by atoms with van der Waals surface area (Å²) in [7, 11) is 4.61. The van der Waals surface area contributed by atoms with Gasteiger partial charge in [-0.1, -0.05) is 71.3 Å². The molecule has 0 rings (SSSR count). The second kappa shape index (κ2) is 12.7. The standard InChI is InChI=1S/C18H38N/c1-5-7-8-9-10-11-12-13-14-15-16-18-19(3,4)17-6-2/h6H,2,5,7-18H2,1,3-4H3/q+1. The molecule has 1 nitrogen and oxygen atoms in total. The Kier molecular flexibility index (Phi) is 12.5. The van der Waals surface area contributed by atoms with Crippen molar-refractivity contribution >= 4 is 0 Å². The van der Waals surface area contributed by atoms with Gasteiger partial charge in [-0.2, -0.15) is 0 Å². The zero-order valence-corrected chi connectivity index (χ0v) is 13.9. The maximum atomic E-state index is 3.83. The zero-order valence-electron chi connectivity index (χ0n) is 13.9. The Balaban J connectivity index is 3.16. The van der Waals surface area contributed by atoms with E-state index in [4.69, 9.17) is 0 Å². The summed E-state index contributed by atoms with van der Waals surface area (Å²) in [6, 6.07) is 0. The van der Waals surface area contributed by atoms with Crippen LogP contribution in [-0.2, 0) is 0 Å². The van der Waals surface area contributed by atoms with Gasteiger partial charge in [0.2, 0.25) is 0 Å². The van der Waals surface area contributed by atoms with E-state index in [0.717, 1.165) is 11.0 Å². The fourth-order valence-electron chi connectivity index (χ4n) is 2.64. The van der Waals surface area contributed by atoms with Gasteiger partial charge in [0, 0.05) is 0 Å². The third kappa shape index (κ3) is 13.9. The highest BCUT2D eigenvalue weighted by atomic mass is 15.3. The summed E-state index contributed by atoms with van der Waals surface area (Å²) in [6.07, 6.45) is 17.8. The third-order valence-electron chi connectivity index (χ3n) is 3.99. The van der Waals surface area contributed by atoms with E-state index in [0.29, 0.717) is 0 Å². The molecule has 0 spiro atoms. The summed E-state index contributed by atoms with van der Waals surface area (Å²) < 4.78 is 1.10. The molecule has 0 aromatic heterocycles. The van der Waals surface area contributed by atoms with Gasteiger partial charge in [-0.15, -0.1) is 0 Å². The molecule has 1 heteroatoms. The van der Waals surface area contributed by atoms with Gasteiger partial charge in [-0.05, 0) is 18.9 Å². The molecular formula is C18H38N+. The van der Waals surface area contributed by atoms with Crippen LogP contribution in [0.25, 0.3) is 0 Å². The first-order chi connectivity index (χ1) is 9.12. The normalized spacial score (nSPS) is 11.7. The molecule has 0 bridgehead atoms. The molecule has 0 amide bonds. The molecule has 114 valence electrons. The van der Waals surface area contributed by atoms with Crippen LogP contribution in [-0.4, -0.2) is 31.7 Å². The largest absolute Gasteiger partial charge is 0.325 e. The van der Waals surface area contributed by atoms with Crippen molar-refractivity contribution in [3.63, 3.8) is 0 Å². The number of nitrogens with zero attached hydrogens (tertiary/aromatic N) is 1. The molecule has 0 radical (unpaired) electrons. The highest BCUT2D eigenvalue weighted by Gasteiger charge is 2.10. The molecule has 0 heterocycles. The van der Waals surface area contributed by atoms with E-state index >= 15 is 0 Å². The summed E-state index contributed by atoms with van der Waals surface area (Å²) in [5.74, 6) is 0. The van der Waals surface area contributed by atoms with E-state index < -0.39 is 0 Å². The second-order valence-corrected chi connectivity index (χ2v) is 6.67. The monoisotopic (exact) mass is 268 g/mol. The van der Waals surface area contributed by atoms with Crippen molar-refractivity contribution in [3.05, 3.63) is 12.7 Å². The van der Waals surface area contributed by atoms with E-state index in [1.54, 1.807) is 0 Å². The molecule has 0 unspecified atom stereocenters. The minimum atomic E-state index is 1.10.